The Morgan fingerprint density at radius 2 is 1.94 bits per heavy atom. The third-order valence-electron chi connectivity index (χ3n) is 4.99. The summed E-state index contributed by atoms with van der Waals surface area (Å²) in [6, 6.07) is 10.9. The van der Waals surface area contributed by atoms with Gasteiger partial charge >= 0.3 is 5.69 Å². The molecule has 31 heavy (non-hydrogen) atoms. The van der Waals surface area contributed by atoms with E-state index in [1.54, 1.807) is 21.9 Å². The van der Waals surface area contributed by atoms with E-state index in [0.29, 0.717) is 32.7 Å². The maximum Gasteiger partial charge on any atom is 0.353 e. The number of hydrogen-bond acceptors (Lipinski definition) is 8. The van der Waals surface area contributed by atoms with Gasteiger partial charge in [0.2, 0.25) is 11.6 Å². The Labute approximate surface area is 186 Å². The molecular formula is C20H19BrN6O4. The zero-order valence-corrected chi connectivity index (χ0v) is 18.0. The van der Waals surface area contributed by atoms with Gasteiger partial charge in [-0.15, -0.1) is 0 Å². The summed E-state index contributed by atoms with van der Waals surface area (Å²) in [5.41, 5.74) is 0.766. The van der Waals surface area contributed by atoms with E-state index < -0.39 is 4.92 Å². The van der Waals surface area contributed by atoms with Crippen molar-refractivity contribution in [3.05, 3.63) is 74.9 Å². The number of furan rings is 1. The van der Waals surface area contributed by atoms with E-state index in [4.69, 9.17) is 4.42 Å². The van der Waals surface area contributed by atoms with Crippen LogP contribution in [0, 0.1) is 10.1 Å². The largest absolute Gasteiger partial charge is 0.459 e. The SMILES string of the molecule is O=C(c1ccco1)N1CCN(c2ncnc(NCc3ccccc3Br)c2[N+](=O)[O-])CC1. The summed E-state index contributed by atoms with van der Waals surface area (Å²) in [6.07, 6.45) is 2.77. The molecule has 11 heteroatoms. The smallest absolute Gasteiger partial charge is 0.353 e. The standard InChI is InChI=1S/C20H19BrN6O4/c21-15-5-2-1-4-14(15)12-22-18-17(27(29)30)19(24-13-23-18)25-7-9-26(10-8-25)20(28)16-6-3-11-31-16/h1-6,11,13H,7-10,12H2,(H,22,23,24). The summed E-state index contributed by atoms with van der Waals surface area (Å²) in [6.45, 7) is 1.99. The van der Waals surface area contributed by atoms with Gasteiger partial charge in [0.05, 0.1) is 11.2 Å². The summed E-state index contributed by atoms with van der Waals surface area (Å²) in [5.74, 6) is 0.470. The molecule has 3 aromatic rings. The summed E-state index contributed by atoms with van der Waals surface area (Å²) < 4.78 is 6.07. The second kappa shape index (κ2) is 9.13. The summed E-state index contributed by atoms with van der Waals surface area (Å²) in [7, 11) is 0. The Bertz CT molecular complexity index is 1080. The number of halogens is 1. The topological polar surface area (TPSA) is 118 Å². The van der Waals surface area contributed by atoms with E-state index in [1.807, 2.05) is 24.3 Å². The van der Waals surface area contributed by atoms with Gasteiger partial charge in [-0.3, -0.25) is 14.9 Å². The fourth-order valence-electron chi connectivity index (χ4n) is 3.40. The molecule has 0 unspecified atom stereocenters. The number of nitro groups is 1. The van der Waals surface area contributed by atoms with Crippen LogP contribution in [0.5, 0.6) is 0 Å². The van der Waals surface area contributed by atoms with Crippen molar-refractivity contribution in [2.75, 3.05) is 36.4 Å². The predicted octanol–water partition coefficient (Wildman–Crippen LogP) is 3.31. The van der Waals surface area contributed by atoms with E-state index in [0.717, 1.165) is 10.0 Å². The monoisotopic (exact) mass is 486 g/mol. The Morgan fingerprint density at radius 3 is 2.61 bits per heavy atom. The number of piperazine rings is 1. The number of benzene rings is 1. The van der Waals surface area contributed by atoms with Crippen molar-refractivity contribution in [1.29, 1.82) is 0 Å². The van der Waals surface area contributed by atoms with Crippen LogP contribution in [0.3, 0.4) is 0 Å². The van der Waals surface area contributed by atoms with E-state index in [9.17, 15) is 14.9 Å². The summed E-state index contributed by atoms with van der Waals surface area (Å²) in [4.78, 5) is 35.6. The minimum Gasteiger partial charge on any atom is -0.459 e. The molecule has 0 spiro atoms. The van der Waals surface area contributed by atoms with E-state index in [-0.39, 0.29) is 29.0 Å². The molecule has 3 heterocycles. The van der Waals surface area contributed by atoms with Crippen molar-refractivity contribution in [2.45, 2.75) is 6.54 Å². The molecule has 4 rings (SSSR count). The highest BCUT2D eigenvalue weighted by atomic mass is 79.9. The highest BCUT2D eigenvalue weighted by Gasteiger charge is 2.31. The van der Waals surface area contributed by atoms with Gasteiger partial charge in [0.15, 0.2) is 5.76 Å². The van der Waals surface area contributed by atoms with Crippen LogP contribution in [0.4, 0.5) is 17.3 Å². The molecule has 1 fully saturated rings. The summed E-state index contributed by atoms with van der Waals surface area (Å²) in [5, 5.41) is 14.9. The van der Waals surface area contributed by atoms with Crippen LogP contribution < -0.4 is 10.2 Å². The van der Waals surface area contributed by atoms with Gasteiger partial charge in [0.25, 0.3) is 5.91 Å². The summed E-state index contributed by atoms with van der Waals surface area (Å²) >= 11 is 3.47. The van der Waals surface area contributed by atoms with Crippen LogP contribution >= 0.6 is 15.9 Å². The minimum atomic E-state index is -0.474. The molecule has 0 radical (unpaired) electrons. The number of nitrogens with zero attached hydrogens (tertiary/aromatic N) is 5. The zero-order chi connectivity index (χ0) is 21.8. The predicted molar refractivity (Wildman–Crippen MR) is 117 cm³/mol. The maximum absolute atomic E-state index is 12.4. The van der Waals surface area contributed by atoms with E-state index in [2.05, 4.69) is 31.2 Å². The Morgan fingerprint density at radius 1 is 1.16 bits per heavy atom. The lowest BCUT2D eigenvalue weighted by molar-refractivity contribution is -0.383. The molecule has 1 saturated heterocycles. The number of carbonyl (C=O) groups excluding carboxylic acids is 1. The normalized spacial score (nSPS) is 13.8. The van der Waals surface area contributed by atoms with Crippen molar-refractivity contribution in [2.24, 2.45) is 0 Å². The molecule has 1 aliphatic rings. The molecule has 2 aromatic heterocycles. The Balaban J connectivity index is 1.50. The zero-order valence-electron chi connectivity index (χ0n) is 16.4. The first-order chi connectivity index (χ1) is 15.0. The molecule has 0 aliphatic carbocycles. The molecule has 1 N–H and O–H groups in total. The Hall–Kier alpha value is -3.47. The Kier molecular flexibility index (Phi) is 6.12. The molecule has 1 amide bonds. The molecule has 0 bridgehead atoms. The van der Waals surface area contributed by atoms with Gasteiger partial charge in [0.1, 0.15) is 6.33 Å². The fraction of sp³-hybridized carbons (Fsp3) is 0.250. The number of hydrogen-bond donors (Lipinski definition) is 1. The first-order valence-electron chi connectivity index (χ1n) is 9.59. The van der Waals surface area contributed by atoms with Crippen molar-refractivity contribution >= 4 is 39.2 Å². The molecule has 10 nitrogen and oxygen atoms in total. The minimum absolute atomic E-state index is 0.153. The van der Waals surface area contributed by atoms with Crippen molar-refractivity contribution in [1.82, 2.24) is 14.9 Å². The van der Waals surface area contributed by atoms with E-state index in [1.165, 1.54) is 12.6 Å². The fourth-order valence-corrected chi connectivity index (χ4v) is 3.82. The first kappa shape index (κ1) is 20.8. The van der Waals surface area contributed by atoms with Gasteiger partial charge in [-0.1, -0.05) is 34.1 Å². The van der Waals surface area contributed by atoms with Crippen LogP contribution in [-0.2, 0) is 6.54 Å². The molecule has 1 aromatic carbocycles. The van der Waals surface area contributed by atoms with Crippen LogP contribution in [0.15, 0.2) is 57.9 Å². The van der Waals surface area contributed by atoms with Gasteiger partial charge in [-0.25, -0.2) is 9.97 Å². The van der Waals surface area contributed by atoms with Crippen LogP contribution in [-0.4, -0.2) is 51.9 Å². The van der Waals surface area contributed by atoms with Gasteiger partial charge in [-0.05, 0) is 23.8 Å². The third kappa shape index (κ3) is 4.50. The quantitative estimate of drug-likeness (QED) is 0.416. The lowest BCUT2D eigenvalue weighted by atomic mass is 10.2. The number of rotatable bonds is 6. The molecular weight excluding hydrogens is 468 g/mol. The average Bonchev–Trinajstić information content (AvgIpc) is 3.33. The van der Waals surface area contributed by atoms with Gasteiger partial charge in [0, 0.05) is 37.2 Å². The van der Waals surface area contributed by atoms with Crippen LogP contribution in [0.2, 0.25) is 0 Å². The van der Waals surface area contributed by atoms with Gasteiger partial charge < -0.3 is 19.5 Å². The highest BCUT2D eigenvalue weighted by molar-refractivity contribution is 9.10. The lowest BCUT2D eigenvalue weighted by Gasteiger charge is -2.34. The molecule has 0 atom stereocenters. The van der Waals surface area contributed by atoms with Crippen LogP contribution in [0.1, 0.15) is 16.1 Å². The lowest BCUT2D eigenvalue weighted by Crippen LogP contribution is -2.49. The molecule has 1 aliphatic heterocycles. The van der Waals surface area contributed by atoms with E-state index >= 15 is 0 Å². The van der Waals surface area contributed by atoms with Crippen molar-refractivity contribution < 1.29 is 14.1 Å². The highest BCUT2D eigenvalue weighted by Crippen LogP contribution is 2.33. The van der Waals surface area contributed by atoms with Crippen LogP contribution in [0.25, 0.3) is 0 Å². The number of amides is 1. The van der Waals surface area contributed by atoms with Crippen molar-refractivity contribution in [3.8, 4) is 0 Å². The second-order valence-corrected chi connectivity index (χ2v) is 7.71. The number of aromatic nitrogens is 2. The van der Waals surface area contributed by atoms with Gasteiger partial charge in [-0.2, -0.15) is 0 Å². The number of nitrogens with one attached hydrogen (secondary N) is 1. The first-order valence-corrected chi connectivity index (χ1v) is 10.4. The maximum atomic E-state index is 12.4. The van der Waals surface area contributed by atoms with Crippen molar-refractivity contribution in [3.63, 3.8) is 0 Å². The molecule has 160 valence electrons. The number of anilines is 2. The number of carbonyl (C=O) groups is 1. The molecule has 0 saturated carbocycles. The third-order valence-corrected chi connectivity index (χ3v) is 5.76. The average molecular weight is 487 g/mol. The second-order valence-electron chi connectivity index (χ2n) is 6.85.